The summed E-state index contributed by atoms with van der Waals surface area (Å²) in [7, 11) is 0. The molecule has 1 amide bonds. The summed E-state index contributed by atoms with van der Waals surface area (Å²) in [6.45, 7) is 3.71. The number of carbonyl (C=O) groups is 2. The van der Waals surface area contributed by atoms with Crippen molar-refractivity contribution in [2.75, 3.05) is 6.61 Å². The van der Waals surface area contributed by atoms with Crippen LogP contribution < -0.4 is 11.1 Å². The molecule has 5 N–H and O–H groups in total. The largest absolute Gasteiger partial charge is 0.481 e. The van der Waals surface area contributed by atoms with E-state index in [0.717, 1.165) is 0 Å². The molecule has 100 valence electrons. The third kappa shape index (κ3) is 6.23. The molecule has 0 bridgehead atoms. The van der Waals surface area contributed by atoms with Gasteiger partial charge < -0.3 is 21.3 Å². The molecule has 0 aromatic heterocycles. The average Bonchev–Trinajstić information content (AvgIpc) is 2.25. The van der Waals surface area contributed by atoms with Gasteiger partial charge in [-0.3, -0.25) is 9.59 Å². The first kappa shape index (κ1) is 15.9. The number of nitrogens with one attached hydrogen (secondary N) is 1. The Morgan fingerprint density at radius 1 is 1.47 bits per heavy atom. The first-order valence-corrected chi connectivity index (χ1v) is 5.75. The Hall–Kier alpha value is -1.14. The van der Waals surface area contributed by atoms with E-state index in [4.69, 9.17) is 15.9 Å². The number of nitrogens with two attached hydrogens (primary N) is 1. The van der Waals surface area contributed by atoms with Crippen LogP contribution in [0.15, 0.2) is 0 Å². The van der Waals surface area contributed by atoms with Crippen LogP contribution in [-0.2, 0) is 9.59 Å². The maximum atomic E-state index is 11.7. The van der Waals surface area contributed by atoms with Crippen molar-refractivity contribution in [3.63, 3.8) is 0 Å². The lowest BCUT2D eigenvalue weighted by Crippen LogP contribution is -2.52. The Bertz CT molecular complexity index is 270. The topological polar surface area (TPSA) is 113 Å². The fraction of sp³-hybridized carbons (Fsp3) is 0.818. The summed E-state index contributed by atoms with van der Waals surface area (Å²) in [6, 6.07) is -0.823. The summed E-state index contributed by atoms with van der Waals surface area (Å²) in [5, 5.41) is 20.1. The quantitative estimate of drug-likeness (QED) is 0.475. The molecule has 0 heterocycles. The zero-order valence-corrected chi connectivity index (χ0v) is 10.4. The summed E-state index contributed by atoms with van der Waals surface area (Å²) >= 11 is 0. The lowest BCUT2D eigenvalue weighted by molar-refractivity contribution is -0.137. The highest BCUT2D eigenvalue weighted by atomic mass is 16.4. The Balaban J connectivity index is 4.26. The molecule has 0 aromatic rings. The van der Waals surface area contributed by atoms with E-state index in [1.165, 1.54) is 0 Å². The number of carboxylic acid groups (broad SMARTS) is 1. The van der Waals surface area contributed by atoms with Crippen LogP contribution in [0.5, 0.6) is 0 Å². The summed E-state index contributed by atoms with van der Waals surface area (Å²) in [5.41, 5.74) is 5.09. The van der Waals surface area contributed by atoms with Gasteiger partial charge in [0.2, 0.25) is 5.91 Å². The second-order valence-corrected chi connectivity index (χ2v) is 4.42. The third-order valence-electron chi connectivity index (χ3n) is 2.87. The van der Waals surface area contributed by atoms with Gasteiger partial charge in [0.05, 0.1) is 6.04 Å². The van der Waals surface area contributed by atoms with E-state index >= 15 is 0 Å². The van der Waals surface area contributed by atoms with Gasteiger partial charge in [-0.25, -0.2) is 0 Å². The van der Waals surface area contributed by atoms with Crippen molar-refractivity contribution in [2.24, 2.45) is 5.73 Å². The zero-order valence-electron chi connectivity index (χ0n) is 10.4. The van der Waals surface area contributed by atoms with Gasteiger partial charge in [0.25, 0.3) is 0 Å². The van der Waals surface area contributed by atoms with Gasteiger partial charge in [0.15, 0.2) is 0 Å². The van der Waals surface area contributed by atoms with Crippen LogP contribution in [0, 0.1) is 0 Å². The number of carboxylic acids is 1. The molecule has 0 aromatic carbocycles. The minimum absolute atomic E-state index is 0.0189. The summed E-state index contributed by atoms with van der Waals surface area (Å²) in [5.74, 6) is -1.34. The van der Waals surface area contributed by atoms with E-state index in [1.807, 2.05) is 13.8 Å². The second kappa shape index (κ2) is 7.24. The molecule has 6 heteroatoms. The third-order valence-corrected chi connectivity index (χ3v) is 2.87. The number of rotatable bonds is 8. The molecular weight excluding hydrogens is 224 g/mol. The van der Waals surface area contributed by atoms with Crippen molar-refractivity contribution >= 4 is 11.9 Å². The minimum atomic E-state index is -0.970. The zero-order chi connectivity index (χ0) is 13.5. The van der Waals surface area contributed by atoms with Crippen LogP contribution in [0.4, 0.5) is 0 Å². The Morgan fingerprint density at radius 3 is 2.47 bits per heavy atom. The van der Waals surface area contributed by atoms with Gasteiger partial charge in [-0.15, -0.1) is 0 Å². The SMILES string of the molecule is CCC(C)(CCO)NC(=O)C(N)CCC(=O)O. The van der Waals surface area contributed by atoms with Crippen LogP contribution in [0.2, 0.25) is 0 Å². The van der Waals surface area contributed by atoms with Gasteiger partial charge >= 0.3 is 5.97 Å². The number of aliphatic hydroxyl groups excluding tert-OH is 1. The van der Waals surface area contributed by atoms with E-state index in [2.05, 4.69) is 5.32 Å². The van der Waals surface area contributed by atoms with E-state index < -0.39 is 17.6 Å². The Morgan fingerprint density at radius 2 is 2.06 bits per heavy atom. The smallest absolute Gasteiger partial charge is 0.303 e. The van der Waals surface area contributed by atoms with Crippen molar-refractivity contribution in [3.05, 3.63) is 0 Å². The molecule has 0 saturated carbocycles. The first-order chi connectivity index (χ1) is 7.84. The molecule has 0 aliphatic rings. The highest BCUT2D eigenvalue weighted by molar-refractivity contribution is 5.82. The highest BCUT2D eigenvalue weighted by Crippen LogP contribution is 2.14. The molecule has 0 aliphatic carbocycles. The molecule has 0 aliphatic heterocycles. The van der Waals surface area contributed by atoms with Gasteiger partial charge in [0.1, 0.15) is 0 Å². The minimum Gasteiger partial charge on any atom is -0.481 e. The number of amides is 1. The van der Waals surface area contributed by atoms with Gasteiger partial charge in [-0.2, -0.15) is 0 Å². The predicted molar refractivity (Wildman–Crippen MR) is 63.4 cm³/mol. The number of hydrogen-bond donors (Lipinski definition) is 4. The summed E-state index contributed by atoms with van der Waals surface area (Å²) < 4.78 is 0. The molecule has 2 atom stereocenters. The molecule has 0 saturated heterocycles. The lowest BCUT2D eigenvalue weighted by atomic mass is 9.94. The number of aliphatic hydroxyl groups is 1. The molecule has 0 radical (unpaired) electrons. The Labute approximate surface area is 101 Å². The van der Waals surface area contributed by atoms with E-state index in [9.17, 15) is 9.59 Å². The van der Waals surface area contributed by atoms with Crippen molar-refractivity contribution in [3.8, 4) is 0 Å². The van der Waals surface area contributed by atoms with Crippen LogP contribution >= 0.6 is 0 Å². The van der Waals surface area contributed by atoms with Crippen LogP contribution in [0.25, 0.3) is 0 Å². The molecule has 0 spiro atoms. The molecule has 17 heavy (non-hydrogen) atoms. The molecular formula is C11H22N2O4. The summed E-state index contributed by atoms with van der Waals surface area (Å²) in [4.78, 5) is 22.0. The van der Waals surface area contributed by atoms with Crippen molar-refractivity contribution < 1.29 is 19.8 Å². The van der Waals surface area contributed by atoms with E-state index in [1.54, 1.807) is 0 Å². The van der Waals surface area contributed by atoms with E-state index in [0.29, 0.717) is 12.8 Å². The second-order valence-electron chi connectivity index (χ2n) is 4.42. The van der Waals surface area contributed by atoms with Gasteiger partial charge in [-0.05, 0) is 26.2 Å². The van der Waals surface area contributed by atoms with Crippen molar-refractivity contribution in [1.29, 1.82) is 0 Å². The van der Waals surface area contributed by atoms with Gasteiger partial charge in [-0.1, -0.05) is 6.92 Å². The fourth-order valence-corrected chi connectivity index (χ4v) is 1.37. The molecule has 2 unspecified atom stereocenters. The van der Waals surface area contributed by atoms with Crippen LogP contribution in [0.3, 0.4) is 0 Å². The van der Waals surface area contributed by atoms with Crippen LogP contribution in [0.1, 0.15) is 39.5 Å². The number of carbonyl (C=O) groups excluding carboxylic acids is 1. The lowest BCUT2D eigenvalue weighted by Gasteiger charge is -2.30. The Kier molecular flexibility index (Phi) is 6.75. The molecule has 0 rings (SSSR count). The first-order valence-electron chi connectivity index (χ1n) is 5.75. The standard InChI is InChI=1S/C11H22N2O4/c1-3-11(2,6-7-14)13-10(17)8(12)4-5-9(15)16/h8,14H,3-7,12H2,1-2H3,(H,13,17)(H,15,16). The molecule has 0 fully saturated rings. The maximum absolute atomic E-state index is 11.7. The monoisotopic (exact) mass is 246 g/mol. The van der Waals surface area contributed by atoms with Crippen molar-refractivity contribution in [2.45, 2.75) is 51.1 Å². The number of aliphatic carboxylic acids is 1. The summed E-state index contributed by atoms with van der Waals surface area (Å²) in [6.07, 6.45) is 1.10. The number of hydrogen-bond acceptors (Lipinski definition) is 4. The maximum Gasteiger partial charge on any atom is 0.303 e. The average molecular weight is 246 g/mol. The fourth-order valence-electron chi connectivity index (χ4n) is 1.37. The normalized spacial score (nSPS) is 16.0. The highest BCUT2D eigenvalue weighted by Gasteiger charge is 2.26. The predicted octanol–water partition coefficient (Wildman–Crippen LogP) is -0.154. The van der Waals surface area contributed by atoms with E-state index in [-0.39, 0.29) is 25.4 Å². The molecule has 6 nitrogen and oxygen atoms in total. The van der Waals surface area contributed by atoms with Gasteiger partial charge in [0, 0.05) is 18.6 Å². The van der Waals surface area contributed by atoms with Crippen molar-refractivity contribution in [1.82, 2.24) is 5.32 Å². The van der Waals surface area contributed by atoms with Crippen LogP contribution in [-0.4, -0.2) is 40.3 Å².